The molecule has 0 aliphatic carbocycles. The fraction of sp³-hybridized carbons (Fsp3) is 0.214. The molecule has 0 atom stereocenters. The Morgan fingerprint density at radius 3 is 2.45 bits per heavy atom. The van der Waals surface area contributed by atoms with E-state index < -0.39 is 17.7 Å². The molecule has 0 spiro atoms. The summed E-state index contributed by atoms with van der Waals surface area (Å²) < 4.78 is 10.5. The van der Waals surface area contributed by atoms with Gasteiger partial charge in [0.2, 0.25) is 0 Å². The van der Waals surface area contributed by atoms with E-state index in [1.54, 1.807) is 6.07 Å². The maximum Gasteiger partial charge on any atom is 0.350 e. The number of carbonyl (C=O) groups is 2. The first-order valence-corrected chi connectivity index (χ1v) is 7.24. The van der Waals surface area contributed by atoms with Crippen LogP contribution in [-0.2, 0) is 19.1 Å². The normalized spacial score (nSPS) is 16.4. The number of carbonyl (C=O) groups excluding carboxylic acids is 2. The number of hydrogen-bond donors (Lipinski definition) is 1. The molecule has 6 nitrogen and oxygen atoms in total. The van der Waals surface area contributed by atoms with E-state index >= 15 is 0 Å². The van der Waals surface area contributed by atoms with Crippen LogP contribution in [0, 0.1) is 11.3 Å². The highest BCUT2D eigenvalue weighted by Gasteiger charge is 2.39. The second kappa shape index (κ2) is 5.99. The summed E-state index contributed by atoms with van der Waals surface area (Å²) in [7, 11) is 0. The zero-order chi connectivity index (χ0) is 16.5. The monoisotopic (exact) mass is 384 g/mol. The summed E-state index contributed by atoms with van der Waals surface area (Å²) in [4.78, 5) is 23.6. The molecule has 1 aromatic rings. The summed E-state index contributed by atoms with van der Waals surface area (Å²) in [6.07, 6.45) is 1.13. The van der Waals surface area contributed by atoms with Gasteiger partial charge in [-0.1, -0.05) is 11.6 Å². The zero-order valence-electron chi connectivity index (χ0n) is 11.6. The van der Waals surface area contributed by atoms with Crippen LogP contribution in [0.5, 0.6) is 0 Å². The molecule has 1 aliphatic heterocycles. The Balaban J connectivity index is 2.32. The zero-order valence-corrected chi connectivity index (χ0v) is 13.9. The second-order valence-corrected chi connectivity index (χ2v) is 6.01. The molecule has 22 heavy (non-hydrogen) atoms. The van der Waals surface area contributed by atoms with Gasteiger partial charge in [0, 0.05) is 24.5 Å². The van der Waals surface area contributed by atoms with Crippen molar-refractivity contribution in [3.8, 4) is 6.07 Å². The third kappa shape index (κ3) is 3.24. The lowest BCUT2D eigenvalue weighted by Gasteiger charge is -2.29. The van der Waals surface area contributed by atoms with Crippen LogP contribution in [0.3, 0.4) is 0 Å². The lowest BCUT2D eigenvalue weighted by molar-refractivity contribution is -0.222. The van der Waals surface area contributed by atoms with Crippen molar-refractivity contribution in [3.05, 3.63) is 39.0 Å². The van der Waals surface area contributed by atoms with E-state index in [4.69, 9.17) is 26.3 Å². The van der Waals surface area contributed by atoms with Crippen LogP contribution >= 0.6 is 27.5 Å². The van der Waals surface area contributed by atoms with E-state index in [-0.39, 0.29) is 16.2 Å². The first kappa shape index (κ1) is 16.3. The molecule has 2 rings (SSSR count). The number of cyclic esters (lactones) is 2. The quantitative estimate of drug-likeness (QED) is 0.478. The molecule has 0 unspecified atom stereocenters. The number of benzene rings is 1. The number of ether oxygens (including phenoxy) is 2. The molecule has 1 saturated heterocycles. The molecule has 0 saturated carbocycles. The van der Waals surface area contributed by atoms with Gasteiger partial charge in [-0.2, -0.15) is 5.26 Å². The highest BCUT2D eigenvalue weighted by Crippen LogP contribution is 2.33. The molecule has 1 aliphatic rings. The van der Waals surface area contributed by atoms with Crippen molar-refractivity contribution in [1.29, 1.82) is 5.26 Å². The number of halogens is 2. The minimum absolute atomic E-state index is 0.159. The van der Waals surface area contributed by atoms with Gasteiger partial charge in [0.25, 0.3) is 5.79 Å². The predicted molar refractivity (Wildman–Crippen MR) is 81.8 cm³/mol. The molecule has 1 heterocycles. The van der Waals surface area contributed by atoms with Crippen LogP contribution in [0.15, 0.2) is 28.4 Å². The van der Waals surface area contributed by atoms with Crippen LogP contribution in [0.25, 0.3) is 0 Å². The van der Waals surface area contributed by atoms with Gasteiger partial charge in [-0.05, 0) is 28.1 Å². The SMILES string of the molecule is CC1(C)OC(=O)C(=CNc2c(Br)ccc(C#N)c2Cl)C(=O)O1. The average molecular weight is 386 g/mol. The molecule has 0 bridgehead atoms. The first-order chi connectivity index (χ1) is 10.2. The van der Waals surface area contributed by atoms with Crippen LogP contribution in [0.2, 0.25) is 5.02 Å². The van der Waals surface area contributed by atoms with E-state index in [0.29, 0.717) is 10.2 Å². The van der Waals surface area contributed by atoms with Crippen molar-refractivity contribution in [1.82, 2.24) is 0 Å². The van der Waals surface area contributed by atoms with Gasteiger partial charge in [0.15, 0.2) is 5.57 Å². The number of esters is 2. The lowest BCUT2D eigenvalue weighted by atomic mass is 10.2. The van der Waals surface area contributed by atoms with Crippen LogP contribution in [-0.4, -0.2) is 17.7 Å². The van der Waals surface area contributed by atoms with Gasteiger partial charge in [0.1, 0.15) is 6.07 Å². The summed E-state index contributed by atoms with van der Waals surface area (Å²) in [6.45, 7) is 2.91. The van der Waals surface area contributed by atoms with Crippen LogP contribution < -0.4 is 5.32 Å². The standard InChI is InChI=1S/C14H10BrClN2O4/c1-14(2)21-12(19)8(13(20)22-14)6-18-11-9(15)4-3-7(5-17)10(11)16/h3-4,6,18H,1-2H3. The summed E-state index contributed by atoms with van der Waals surface area (Å²) in [5, 5.41) is 11.8. The van der Waals surface area contributed by atoms with E-state index in [2.05, 4.69) is 21.2 Å². The van der Waals surface area contributed by atoms with Gasteiger partial charge < -0.3 is 14.8 Å². The van der Waals surface area contributed by atoms with E-state index in [0.717, 1.165) is 6.20 Å². The minimum atomic E-state index is -1.30. The number of rotatable bonds is 2. The smallest absolute Gasteiger partial charge is 0.350 e. The Morgan fingerprint density at radius 2 is 1.91 bits per heavy atom. The Hall–Kier alpha value is -2.04. The molecule has 1 aromatic carbocycles. The third-order valence-corrected chi connectivity index (χ3v) is 3.74. The first-order valence-electron chi connectivity index (χ1n) is 6.06. The molecular weight excluding hydrogens is 376 g/mol. The van der Waals surface area contributed by atoms with Gasteiger partial charge in [-0.15, -0.1) is 0 Å². The molecule has 0 radical (unpaired) electrons. The Morgan fingerprint density at radius 1 is 1.32 bits per heavy atom. The topological polar surface area (TPSA) is 88.4 Å². The number of nitrogens with one attached hydrogen (secondary N) is 1. The molecule has 114 valence electrons. The van der Waals surface area contributed by atoms with Crippen molar-refractivity contribution in [2.45, 2.75) is 19.6 Å². The van der Waals surface area contributed by atoms with E-state index in [1.807, 2.05) is 6.07 Å². The molecule has 8 heteroatoms. The Labute approximate surface area is 139 Å². The number of anilines is 1. The molecular formula is C14H10BrClN2O4. The van der Waals surface area contributed by atoms with E-state index in [9.17, 15) is 9.59 Å². The Kier molecular flexibility index (Phi) is 4.44. The fourth-order valence-corrected chi connectivity index (χ4v) is 2.51. The minimum Gasteiger partial charge on any atom is -0.419 e. The van der Waals surface area contributed by atoms with Crippen molar-refractivity contribution >= 4 is 45.2 Å². The highest BCUT2D eigenvalue weighted by molar-refractivity contribution is 9.10. The molecule has 0 aromatic heterocycles. The number of hydrogen-bond acceptors (Lipinski definition) is 6. The number of nitrogens with zero attached hydrogens (tertiary/aromatic N) is 1. The predicted octanol–water partition coefficient (Wildman–Crippen LogP) is 3.11. The van der Waals surface area contributed by atoms with E-state index in [1.165, 1.54) is 19.9 Å². The lowest BCUT2D eigenvalue weighted by Crippen LogP contribution is -2.42. The maximum atomic E-state index is 11.8. The van der Waals surface area contributed by atoms with Crippen molar-refractivity contribution in [2.24, 2.45) is 0 Å². The number of nitriles is 1. The summed E-state index contributed by atoms with van der Waals surface area (Å²) >= 11 is 9.34. The molecule has 0 amide bonds. The van der Waals surface area contributed by atoms with Crippen LogP contribution in [0.1, 0.15) is 19.4 Å². The van der Waals surface area contributed by atoms with Gasteiger partial charge in [-0.3, -0.25) is 0 Å². The summed E-state index contributed by atoms with van der Waals surface area (Å²) in [6, 6.07) is 5.09. The van der Waals surface area contributed by atoms with Crippen LogP contribution in [0.4, 0.5) is 5.69 Å². The van der Waals surface area contributed by atoms with Crippen molar-refractivity contribution in [2.75, 3.05) is 5.32 Å². The molecule has 1 N–H and O–H groups in total. The summed E-state index contributed by atoms with van der Waals surface area (Å²) in [5.74, 6) is -2.92. The van der Waals surface area contributed by atoms with Gasteiger partial charge >= 0.3 is 11.9 Å². The fourth-order valence-electron chi connectivity index (χ4n) is 1.69. The van der Waals surface area contributed by atoms with Gasteiger partial charge in [-0.25, -0.2) is 9.59 Å². The second-order valence-electron chi connectivity index (χ2n) is 4.78. The highest BCUT2D eigenvalue weighted by atomic mass is 79.9. The largest absolute Gasteiger partial charge is 0.419 e. The van der Waals surface area contributed by atoms with Crippen molar-refractivity contribution < 1.29 is 19.1 Å². The summed E-state index contributed by atoms with van der Waals surface area (Å²) in [5.41, 5.74) is 0.295. The Bertz CT molecular complexity index is 715. The third-order valence-electron chi connectivity index (χ3n) is 2.69. The van der Waals surface area contributed by atoms with Gasteiger partial charge in [0.05, 0.1) is 16.3 Å². The van der Waals surface area contributed by atoms with Crippen molar-refractivity contribution in [3.63, 3.8) is 0 Å². The maximum absolute atomic E-state index is 11.8. The average Bonchev–Trinajstić information content (AvgIpc) is 2.40. The molecule has 1 fully saturated rings.